The van der Waals surface area contributed by atoms with E-state index in [1.807, 2.05) is 66.7 Å². The van der Waals surface area contributed by atoms with Gasteiger partial charge in [-0.25, -0.2) is 9.78 Å². The Balaban J connectivity index is 1.45. The number of aromatic nitrogens is 1. The molecular formula is C21H15NO3. The number of nitrogens with zero attached hydrogens (tertiary/aromatic N) is 1. The molecule has 0 aliphatic carbocycles. The van der Waals surface area contributed by atoms with Gasteiger partial charge in [-0.3, -0.25) is 0 Å². The first-order valence-corrected chi connectivity index (χ1v) is 7.96. The van der Waals surface area contributed by atoms with E-state index in [2.05, 4.69) is 4.98 Å². The van der Waals surface area contributed by atoms with Crippen LogP contribution in [0.2, 0.25) is 0 Å². The Labute approximate surface area is 144 Å². The highest BCUT2D eigenvalue weighted by atomic mass is 16.5. The summed E-state index contributed by atoms with van der Waals surface area (Å²) in [5.74, 6) is 0.621. The first-order valence-electron chi connectivity index (χ1n) is 7.96. The second-order valence-corrected chi connectivity index (χ2v) is 5.62. The van der Waals surface area contributed by atoms with Crippen molar-refractivity contribution in [2.24, 2.45) is 0 Å². The van der Waals surface area contributed by atoms with Crippen molar-refractivity contribution < 1.29 is 13.9 Å². The van der Waals surface area contributed by atoms with E-state index in [1.165, 1.54) is 0 Å². The molecule has 0 unspecified atom stereocenters. The molecule has 4 heteroatoms. The molecule has 122 valence electrons. The molecule has 0 radical (unpaired) electrons. The van der Waals surface area contributed by atoms with Crippen molar-refractivity contribution in [3.63, 3.8) is 0 Å². The van der Waals surface area contributed by atoms with Crippen LogP contribution < -0.4 is 0 Å². The molecule has 0 spiro atoms. The van der Waals surface area contributed by atoms with Crippen LogP contribution in [0.5, 0.6) is 0 Å². The Morgan fingerprint density at radius 2 is 1.68 bits per heavy atom. The van der Waals surface area contributed by atoms with Crippen LogP contribution in [0.3, 0.4) is 0 Å². The Morgan fingerprint density at radius 1 is 0.920 bits per heavy atom. The van der Waals surface area contributed by atoms with E-state index in [0.717, 1.165) is 16.3 Å². The van der Waals surface area contributed by atoms with Crippen molar-refractivity contribution in [3.05, 3.63) is 90.4 Å². The van der Waals surface area contributed by atoms with Crippen molar-refractivity contribution in [2.45, 2.75) is 6.61 Å². The lowest BCUT2D eigenvalue weighted by molar-refractivity contribution is 0.0439. The lowest BCUT2D eigenvalue weighted by Gasteiger charge is -2.04. The average Bonchev–Trinajstić information content (AvgIpc) is 3.15. The summed E-state index contributed by atoms with van der Waals surface area (Å²) in [6, 6.07) is 23.0. The molecule has 0 aliphatic heterocycles. The zero-order valence-corrected chi connectivity index (χ0v) is 13.4. The quantitative estimate of drug-likeness (QED) is 0.502. The van der Waals surface area contributed by atoms with Gasteiger partial charge in [0.2, 0.25) is 5.89 Å². The molecule has 0 aliphatic rings. The van der Waals surface area contributed by atoms with Crippen molar-refractivity contribution in [1.82, 2.24) is 4.98 Å². The van der Waals surface area contributed by atoms with Gasteiger partial charge in [0.1, 0.15) is 0 Å². The molecule has 4 aromatic rings. The molecule has 0 saturated heterocycles. The third kappa shape index (κ3) is 3.28. The Hall–Kier alpha value is -3.40. The lowest BCUT2D eigenvalue weighted by Crippen LogP contribution is -2.05. The van der Waals surface area contributed by atoms with Gasteiger partial charge in [0.25, 0.3) is 0 Å². The third-order valence-corrected chi connectivity index (χ3v) is 3.92. The van der Waals surface area contributed by atoms with Gasteiger partial charge in [0.15, 0.2) is 12.4 Å². The van der Waals surface area contributed by atoms with E-state index in [1.54, 1.807) is 12.3 Å². The van der Waals surface area contributed by atoms with Crippen molar-refractivity contribution in [1.29, 1.82) is 0 Å². The number of ether oxygens (including phenoxy) is 1. The van der Waals surface area contributed by atoms with Crippen LogP contribution >= 0.6 is 0 Å². The fourth-order valence-corrected chi connectivity index (χ4v) is 2.64. The van der Waals surface area contributed by atoms with E-state index >= 15 is 0 Å². The summed E-state index contributed by atoms with van der Waals surface area (Å²) < 4.78 is 11.0. The molecule has 4 rings (SSSR count). The minimum atomic E-state index is -0.398. The molecule has 3 aromatic carbocycles. The van der Waals surface area contributed by atoms with Crippen LogP contribution in [-0.4, -0.2) is 11.0 Å². The number of hydrogen-bond acceptors (Lipinski definition) is 4. The average molecular weight is 329 g/mol. The maximum Gasteiger partial charge on any atom is 0.338 e. The fourth-order valence-electron chi connectivity index (χ4n) is 2.64. The number of esters is 1. The normalized spacial score (nSPS) is 10.7. The third-order valence-electron chi connectivity index (χ3n) is 3.92. The smallest absolute Gasteiger partial charge is 0.338 e. The van der Waals surface area contributed by atoms with Gasteiger partial charge in [-0.05, 0) is 22.9 Å². The SMILES string of the molecule is O=C(OCc1ncc(-c2ccccc2)o1)c1ccc2ccccc2c1. The van der Waals surface area contributed by atoms with Crippen molar-refractivity contribution in [2.75, 3.05) is 0 Å². The van der Waals surface area contributed by atoms with Crippen LogP contribution in [0.15, 0.2) is 83.4 Å². The highest BCUT2D eigenvalue weighted by Gasteiger charge is 2.11. The van der Waals surface area contributed by atoms with Crippen molar-refractivity contribution >= 4 is 16.7 Å². The van der Waals surface area contributed by atoms with E-state index in [9.17, 15) is 4.79 Å². The summed E-state index contributed by atoms with van der Waals surface area (Å²) in [5, 5.41) is 2.08. The highest BCUT2D eigenvalue weighted by Crippen LogP contribution is 2.21. The summed E-state index contributed by atoms with van der Waals surface area (Å²) in [7, 11) is 0. The number of hydrogen-bond donors (Lipinski definition) is 0. The second-order valence-electron chi connectivity index (χ2n) is 5.62. The Morgan fingerprint density at radius 3 is 2.52 bits per heavy atom. The summed E-state index contributed by atoms with van der Waals surface area (Å²) in [6.07, 6.45) is 1.63. The number of carbonyl (C=O) groups is 1. The molecule has 0 amide bonds. The molecule has 0 fully saturated rings. The highest BCUT2D eigenvalue weighted by molar-refractivity contribution is 5.95. The first kappa shape index (κ1) is 15.1. The Kier molecular flexibility index (Phi) is 4.01. The van der Waals surface area contributed by atoms with E-state index in [4.69, 9.17) is 9.15 Å². The van der Waals surface area contributed by atoms with E-state index in [-0.39, 0.29) is 6.61 Å². The largest absolute Gasteiger partial charge is 0.452 e. The predicted molar refractivity (Wildman–Crippen MR) is 95.0 cm³/mol. The van der Waals surface area contributed by atoms with Crippen LogP contribution in [0.25, 0.3) is 22.1 Å². The van der Waals surface area contributed by atoms with Gasteiger partial charge in [0.05, 0.1) is 11.8 Å². The summed E-state index contributed by atoms with van der Waals surface area (Å²) in [5.41, 5.74) is 1.44. The maximum atomic E-state index is 12.2. The molecule has 0 N–H and O–H groups in total. The summed E-state index contributed by atoms with van der Waals surface area (Å²) >= 11 is 0. The van der Waals surface area contributed by atoms with Crippen LogP contribution in [-0.2, 0) is 11.3 Å². The van der Waals surface area contributed by atoms with Crippen LogP contribution in [0, 0.1) is 0 Å². The topological polar surface area (TPSA) is 52.3 Å². The molecule has 4 nitrogen and oxygen atoms in total. The van der Waals surface area contributed by atoms with Crippen LogP contribution in [0.4, 0.5) is 0 Å². The van der Waals surface area contributed by atoms with Gasteiger partial charge in [-0.2, -0.15) is 0 Å². The summed E-state index contributed by atoms with van der Waals surface area (Å²) in [4.78, 5) is 16.4. The Bertz CT molecular complexity index is 1020. The molecular weight excluding hydrogens is 314 g/mol. The maximum absolute atomic E-state index is 12.2. The molecule has 25 heavy (non-hydrogen) atoms. The zero-order valence-electron chi connectivity index (χ0n) is 13.4. The minimum Gasteiger partial charge on any atom is -0.452 e. The van der Waals surface area contributed by atoms with Gasteiger partial charge in [-0.1, -0.05) is 60.7 Å². The number of oxazole rings is 1. The molecule has 1 aromatic heterocycles. The first-order chi connectivity index (χ1) is 12.3. The molecule has 0 atom stereocenters. The zero-order chi connectivity index (χ0) is 17.1. The number of benzene rings is 3. The lowest BCUT2D eigenvalue weighted by atomic mass is 10.1. The molecule has 0 bridgehead atoms. The number of fused-ring (bicyclic) bond motifs is 1. The standard InChI is InChI=1S/C21H15NO3/c23-21(18-11-10-15-6-4-5-9-17(15)12-18)24-14-20-22-13-19(25-20)16-7-2-1-3-8-16/h1-13H,14H2. The summed E-state index contributed by atoms with van der Waals surface area (Å²) in [6.45, 7) is -0.00149. The molecule has 1 heterocycles. The number of carbonyl (C=O) groups excluding carboxylic acids is 1. The van der Waals surface area contributed by atoms with Gasteiger partial charge >= 0.3 is 5.97 Å². The van der Waals surface area contributed by atoms with Crippen LogP contribution in [0.1, 0.15) is 16.2 Å². The second kappa shape index (κ2) is 6.61. The predicted octanol–water partition coefficient (Wildman–Crippen LogP) is 4.85. The monoisotopic (exact) mass is 329 g/mol. The van der Waals surface area contributed by atoms with Gasteiger partial charge < -0.3 is 9.15 Å². The van der Waals surface area contributed by atoms with Crippen molar-refractivity contribution in [3.8, 4) is 11.3 Å². The van der Waals surface area contributed by atoms with Gasteiger partial charge in [0, 0.05) is 5.56 Å². The fraction of sp³-hybridized carbons (Fsp3) is 0.0476. The van der Waals surface area contributed by atoms with E-state index in [0.29, 0.717) is 17.2 Å². The minimum absolute atomic E-state index is 0.00149. The number of rotatable bonds is 4. The molecule has 0 saturated carbocycles. The van der Waals surface area contributed by atoms with E-state index < -0.39 is 5.97 Å². The van der Waals surface area contributed by atoms with Gasteiger partial charge in [-0.15, -0.1) is 0 Å².